The van der Waals surface area contributed by atoms with Crippen LogP contribution in [0.1, 0.15) is 12.0 Å². The van der Waals surface area contributed by atoms with Crippen molar-refractivity contribution < 1.29 is 0 Å². The van der Waals surface area contributed by atoms with Crippen LogP contribution >= 0.6 is 23.7 Å². The van der Waals surface area contributed by atoms with Gasteiger partial charge in [-0.05, 0) is 35.9 Å². The van der Waals surface area contributed by atoms with E-state index >= 15 is 0 Å². The summed E-state index contributed by atoms with van der Waals surface area (Å²) < 4.78 is 1.41. The number of hydrogen-bond donors (Lipinski definition) is 1. The third-order valence-corrected chi connectivity index (χ3v) is 4.65. The first-order chi connectivity index (χ1) is 8.36. The first-order valence-electron chi connectivity index (χ1n) is 6.21. The molecule has 1 aromatic heterocycles. The number of nitrogens with zero attached hydrogens (tertiary/aromatic N) is 1. The number of fused-ring (bicyclic) bond motifs is 1. The molecule has 1 aliphatic heterocycles. The second-order valence-electron chi connectivity index (χ2n) is 4.77. The fourth-order valence-electron chi connectivity index (χ4n) is 2.61. The van der Waals surface area contributed by atoms with Crippen molar-refractivity contribution in [3.05, 3.63) is 35.2 Å². The number of hydrogen-bond acceptors (Lipinski definition) is 3. The quantitative estimate of drug-likeness (QED) is 0.931. The second-order valence-corrected chi connectivity index (χ2v) is 5.68. The number of rotatable bonds is 3. The van der Waals surface area contributed by atoms with E-state index in [0.717, 1.165) is 6.54 Å². The average Bonchev–Trinajstić information content (AvgIpc) is 2.97. The van der Waals surface area contributed by atoms with Crippen molar-refractivity contribution in [2.45, 2.75) is 19.0 Å². The molecule has 2 aromatic rings. The summed E-state index contributed by atoms with van der Waals surface area (Å²) in [5.41, 5.74) is 1.49. The Bertz CT molecular complexity index is 511. The van der Waals surface area contributed by atoms with E-state index in [9.17, 15) is 0 Å². The molecule has 1 saturated heterocycles. The molecule has 1 N–H and O–H groups in total. The topological polar surface area (TPSA) is 15.3 Å². The van der Waals surface area contributed by atoms with Crippen LogP contribution in [0, 0.1) is 0 Å². The lowest BCUT2D eigenvalue weighted by atomic mass is 10.2. The van der Waals surface area contributed by atoms with Crippen molar-refractivity contribution in [2.24, 2.45) is 0 Å². The Morgan fingerprint density at radius 2 is 2.22 bits per heavy atom. The molecule has 0 aliphatic carbocycles. The molecule has 2 heterocycles. The van der Waals surface area contributed by atoms with Crippen LogP contribution in [-0.4, -0.2) is 31.1 Å². The third kappa shape index (κ3) is 2.69. The standard InChI is InChI=1S/C14H18N2S.ClH/c1-15-12-6-7-16(9-12)8-11-10-17-14-5-3-2-4-13(11)14;/h2-5,10,12,15H,6-9H2,1H3;1H. The summed E-state index contributed by atoms with van der Waals surface area (Å²) >= 11 is 1.86. The summed E-state index contributed by atoms with van der Waals surface area (Å²) in [7, 11) is 2.06. The van der Waals surface area contributed by atoms with Gasteiger partial charge >= 0.3 is 0 Å². The lowest BCUT2D eigenvalue weighted by molar-refractivity contribution is 0.324. The van der Waals surface area contributed by atoms with Crippen LogP contribution in [0.25, 0.3) is 10.1 Å². The summed E-state index contributed by atoms with van der Waals surface area (Å²) in [6.45, 7) is 3.50. The zero-order valence-electron chi connectivity index (χ0n) is 10.6. The molecule has 3 rings (SSSR count). The molecular formula is C14H19ClN2S. The highest BCUT2D eigenvalue weighted by atomic mass is 35.5. The van der Waals surface area contributed by atoms with Gasteiger partial charge in [-0.1, -0.05) is 18.2 Å². The summed E-state index contributed by atoms with van der Waals surface area (Å²) in [5, 5.41) is 7.12. The molecule has 1 fully saturated rings. The Hall–Kier alpha value is -0.610. The van der Waals surface area contributed by atoms with Crippen LogP contribution in [0.15, 0.2) is 29.6 Å². The SMILES string of the molecule is CNC1CCN(Cc2csc3ccccc23)C1.Cl. The largest absolute Gasteiger partial charge is 0.316 e. The molecule has 98 valence electrons. The van der Waals surface area contributed by atoms with Crippen LogP contribution in [0.3, 0.4) is 0 Å². The predicted molar refractivity (Wildman–Crippen MR) is 81.8 cm³/mol. The van der Waals surface area contributed by atoms with Crippen molar-refractivity contribution in [3.8, 4) is 0 Å². The maximum Gasteiger partial charge on any atom is 0.0346 e. The van der Waals surface area contributed by atoms with E-state index in [2.05, 4.69) is 46.9 Å². The van der Waals surface area contributed by atoms with Gasteiger partial charge in [0.05, 0.1) is 0 Å². The van der Waals surface area contributed by atoms with Gasteiger partial charge in [-0.15, -0.1) is 23.7 Å². The molecule has 1 unspecified atom stereocenters. The van der Waals surface area contributed by atoms with E-state index in [0.29, 0.717) is 6.04 Å². The Labute approximate surface area is 118 Å². The van der Waals surface area contributed by atoms with Gasteiger partial charge in [0.15, 0.2) is 0 Å². The van der Waals surface area contributed by atoms with Crippen molar-refractivity contribution in [2.75, 3.05) is 20.1 Å². The van der Waals surface area contributed by atoms with Crippen LogP contribution in [-0.2, 0) is 6.54 Å². The van der Waals surface area contributed by atoms with E-state index in [4.69, 9.17) is 0 Å². The summed E-state index contributed by atoms with van der Waals surface area (Å²) in [4.78, 5) is 2.55. The zero-order chi connectivity index (χ0) is 11.7. The minimum absolute atomic E-state index is 0. The van der Waals surface area contributed by atoms with Gasteiger partial charge in [0.1, 0.15) is 0 Å². The van der Waals surface area contributed by atoms with Crippen molar-refractivity contribution in [1.82, 2.24) is 10.2 Å². The third-order valence-electron chi connectivity index (χ3n) is 3.64. The molecule has 0 saturated carbocycles. The van der Waals surface area contributed by atoms with Crippen molar-refractivity contribution in [3.63, 3.8) is 0 Å². The van der Waals surface area contributed by atoms with Gasteiger partial charge in [0.2, 0.25) is 0 Å². The number of likely N-dealkylation sites (N-methyl/N-ethyl adjacent to an activating group) is 1. The van der Waals surface area contributed by atoms with Crippen LogP contribution in [0.4, 0.5) is 0 Å². The first-order valence-corrected chi connectivity index (χ1v) is 7.09. The number of likely N-dealkylation sites (tertiary alicyclic amines) is 1. The van der Waals surface area contributed by atoms with Gasteiger partial charge in [-0.25, -0.2) is 0 Å². The van der Waals surface area contributed by atoms with Crippen LogP contribution in [0.2, 0.25) is 0 Å². The Kier molecular flexibility index (Phi) is 4.62. The molecule has 0 radical (unpaired) electrons. The molecule has 1 atom stereocenters. The summed E-state index contributed by atoms with van der Waals surface area (Å²) in [6, 6.07) is 9.39. The Balaban J connectivity index is 0.00000120. The van der Waals surface area contributed by atoms with Crippen molar-refractivity contribution in [1.29, 1.82) is 0 Å². The smallest absolute Gasteiger partial charge is 0.0346 e. The number of thiophene rings is 1. The lowest BCUT2D eigenvalue weighted by Crippen LogP contribution is -2.29. The zero-order valence-corrected chi connectivity index (χ0v) is 12.2. The average molecular weight is 283 g/mol. The second kappa shape index (κ2) is 6.02. The van der Waals surface area contributed by atoms with E-state index in [1.54, 1.807) is 0 Å². The van der Waals surface area contributed by atoms with E-state index in [1.165, 1.54) is 35.2 Å². The maximum atomic E-state index is 3.37. The van der Waals surface area contributed by atoms with Crippen LogP contribution < -0.4 is 5.32 Å². The highest BCUT2D eigenvalue weighted by Gasteiger charge is 2.21. The van der Waals surface area contributed by atoms with Gasteiger partial charge in [0.25, 0.3) is 0 Å². The van der Waals surface area contributed by atoms with E-state index in [-0.39, 0.29) is 12.4 Å². The molecule has 4 heteroatoms. The number of halogens is 1. The van der Waals surface area contributed by atoms with Crippen molar-refractivity contribution >= 4 is 33.8 Å². The summed E-state index contributed by atoms with van der Waals surface area (Å²) in [5.74, 6) is 0. The van der Waals surface area contributed by atoms with Gasteiger partial charge in [0, 0.05) is 30.4 Å². The molecular weight excluding hydrogens is 264 g/mol. The lowest BCUT2D eigenvalue weighted by Gasteiger charge is -2.15. The molecule has 0 amide bonds. The molecule has 1 aromatic carbocycles. The highest BCUT2D eigenvalue weighted by molar-refractivity contribution is 7.17. The van der Waals surface area contributed by atoms with Gasteiger partial charge in [-0.2, -0.15) is 0 Å². The Morgan fingerprint density at radius 1 is 1.39 bits per heavy atom. The molecule has 2 nitrogen and oxygen atoms in total. The fraction of sp³-hybridized carbons (Fsp3) is 0.429. The number of benzene rings is 1. The van der Waals surface area contributed by atoms with Crippen LogP contribution in [0.5, 0.6) is 0 Å². The molecule has 0 bridgehead atoms. The fourth-order valence-corrected chi connectivity index (χ4v) is 3.56. The molecule has 1 aliphatic rings. The minimum Gasteiger partial charge on any atom is -0.316 e. The summed E-state index contributed by atoms with van der Waals surface area (Å²) in [6.07, 6.45) is 1.28. The first kappa shape index (κ1) is 13.8. The monoisotopic (exact) mass is 282 g/mol. The normalized spacial score (nSPS) is 20.2. The maximum absolute atomic E-state index is 3.37. The highest BCUT2D eigenvalue weighted by Crippen LogP contribution is 2.27. The van der Waals surface area contributed by atoms with Gasteiger partial charge < -0.3 is 5.32 Å². The Morgan fingerprint density at radius 3 is 3.00 bits per heavy atom. The van der Waals surface area contributed by atoms with Gasteiger partial charge in [-0.3, -0.25) is 4.90 Å². The minimum atomic E-state index is 0. The van der Waals surface area contributed by atoms with E-state index in [1.807, 2.05) is 11.3 Å². The predicted octanol–water partition coefficient (Wildman–Crippen LogP) is 3.12. The number of nitrogens with one attached hydrogen (secondary N) is 1. The van der Waals surface area contributed by atoms with E-state index < -0.39 is 0 Å². The molecule has 18 heavy (non-hydrogen) atoms. The molecule has 0 spiro atoms.